The number of rotatable bonds is 7. The standard InChI is InChI=1S/C23H25ClN2O5/c1-30-22(28)19(14-17-10-5-6-11-18(17)24)25-21(27)20-12-7-13-26(20)23(29)31-15-16-8-3-2-4-9-16/h2-6,8-11,19-20H,7,12-15H2,1H3,(H,25,27)/t19-,20+/m0/s1. The number of ether oxygens (including phenoxy) is 2. The van der Waals surface area contributed by atoms with Crippen molar-refractivity contribution in [2.45, 2.75) is 38.0 Å². The molecule has 0 spiro atoms. The molecule has 1 aliphatic heterocycles. The van der Waals surface area contributed by atoms with Crippen LogP contribution in [0.5, 0.6) is 0 Å². The van der Waals surface area contributed by atoms with Crippen molar-refractivity contribution in [2.24, 2.45) is 0 Å². The third kappa shape index (κ3) is 5.98. The van der Waals surface area contributed by atoms with Gasteiger partial charge < -0.3 is 14.8 Å². The number of likely N-dealkylation sites (tertiary alicyclic amines) is 1. The topological polar surface area (TPSA) is 84.9 Å². The molecule has 2 aromatic rings. The van der Waals surface area contributed by atoms with Crippen LogP contribution in [0.15, 0.2) is 54.6 Å². The summed E-state index contributed by atoms with van der Waals surface area (Å²) in [6, 6.07) is 14.8. The van der Waals surface area contributed by atoms with Gasteiger partial charge in [0.05, 0.1) is 7.11 Å². The Morgan fingerprint density at radius 3 is 2.55 bits per heavy atom. The van der Waals surface area contributed by atoms with Crippen LogP contribution in [0.4, 0.5) is 4.79 Å². The summed E-state index contributed by atoms with van der Waals surface area (Å²) in [7, 11) is 1.26. The van der Waals surface area contributed by atoms with Crippen molar-refractivity contribution in [2.75, 3.05) is 13.7 Å². The third-order valence-electron chi connectivity index (χ3n) is 5.18. The van der Waals surface area contributed by atoms with Crippen LogP contribution in [0.25, 0.3) is 0 Å². The highest BCUT2D eigenvalue weighted by molar-refractivity contribution is 6.31. The number of benzene rings is 2. The lowest BCUT2D eigenvalue weighted by Crippen LogP contribution is -2.51. The zero-order valence-electron chi connectivity index (χ0n) is 17.3. The summed E-state index contributed by atoms with van der Waals surface area (Å²) in [5, 5.41) is 3.22. The first kappa shape index (κ1) is 22.6. The molecule has 2 amide bonds. The molecule has 1 aliphatic rings. The van der Waals surface area contributed by atoms with Crippen LogP contribution >= 0.6 is 11.6 Å². The van der Waals surface area contributed by atoms with E-state index in [4.69, 9.17) is 21.1 Å². The van der Waals surface area contributed by atoms with Gasteiger partial charge in [0.1, 0.15) is 18.7 Å². The van der Waals surface area contributed by atoms with Gasteiger partial charge in [-0.3, -0.25) is 9.69 Å². The summed E-state index contributed by atoms with van der Waals surface area (Å²) in [5.74, 6) is -0.999. The summed E-state index contributed by atoms with van der Waals surface area (Å²) < 4.78 is 10.2. The zero-order chi connectivity index (χ0) is 22.2. The minimum absolute atomic E-state index is 0.127. The highest BCUT2D eigenvalue weighted by Gasteiger charge is 2.37. The quantitative estimate of drug-likeness (QED) is 0.662. The first-order valence-corrected chi connectivity index (χ1v) is 10.5. The van der Waals surface area contributed by atoms with Crippen LogP contribution < -0.4 is 5.32 Å². The SMILES string of the molecule is COC(=O)[C@H](Cc1ccccc1Cl)NC(=O)[C@H]1CCCN1C(=O)OCc1ccccc1. The normalized spacial score (nSPS) is 16.5. The number of hydrogen-bond donors (Lipinski definition) is 1. The highest BCUT2D eigenvalue weighted by atomic mass is 35.5. The summed E-state index contributed by atoms with van der Waals surface area (Å²) >= 11 is 6.20. The lowest BCUT2D eigenvalue weighted by molar-refractivity contribution is -0.145. The molecule has 2 aromatic carbocycles. The van der Waals surface area contributed by atoms with Crippen LogP contribution in [-0.2, 0) is 32.1 Å². The van der Waals surface area contributed by atoms with E-state index >= 15 is 0 Å². The number of nitrogens with zero attached hydrogens (tertiary/aromatic N) is 1. The van der Waals surface area contributed by atoms with Crippen molar-refractivity contribution >= 4 is 29.6 Å². The van der Waals surface area contributed by atoms with E-state index in [-0.39, 0.29) is 13.0 Å². The third-order valence-corrected chi connectivity index (χ3v) is 5.55. The minimum atomic E-state index is -0.916. The van der Waals surface area contributed by atoms with Gasteiger partial charge in [-0.25, -0.2) is 9.59 Å². The molecule has 1 fully saturated rings. The number of carbonyl (C=O) groups is 3. The van der Waals surface area contributed by atoms with Gasteiger partial charge in [-0.2, -0.15) is 0 Å². The van der Waals surface area contributed by atoms with Crippen LogP contribution in [0.1, 0.15) is 24.0 Å². The second kappa shape index (κ2) is 10.8. The van der Waals surface area contributed by atoms with Gasteiger partial charge in [-0.15, -0.1) is 0 Å². The maximum atomic E-state index is 12.9. The van der Waals surface area contributed by atoms with Crippen molar-refractivity contribution in [3.8, 4) is 0 Å². The van der Waals surface area contributed by atoms with Crippen LogP contribution in [0, 0.1) is 0 Å². The van der Waals surface area contributed by atoms with Crippen molar-refractivity contribution in [1.29, 1.82) is 0 Å². The fraction of sp³-hybridized carbons (Fsp3) is 0.348. The average Bonchev–Trinajstić information content (AvgIpc) is 3.29. The Bertz CT molecular complexity index is 921. The van der Waals surface area contributed by atoms with E-state index in [2.05, 4.69) is 5.32 Å². The lowest BCUT2D eigenvalue weighted by Gasteiger charge is -2.25. The number of hydrogen-bond acceptors (Lipinski definition) is 5. The molecular formula is C23H25ClN2O5. The summed E-state index contributed by atoms with van der Waals surface area (Å²) in [4.78, 5) is 39.2. The Labute approximate surface area is 186 Å². The molecule has 1 heterocycles. The number of methoxy groups -OCH3 is 1. The molecule has 0 saturated carbocycles. The number of carbonyl (C=O) groups excluding carboxylic acids is 3. The monoisotopic (exact) mass is 444 g/mol. The number of esters is 1. The van der Waals surface area contributed by atoms with Gasteiger partial charge in [0.25, 0.3) is 0 Å². The Morgan fingerprint density at radius 1 is 1.13 bits per heavy atom. The molecule has 7 nitrogen and oxygen atoms in total. The molecule has 0 bridgehead atoms. The Hall–Kier alpha value is -3.06. The van der Waals surface area contributed by atoms with E-state index in [0.717, 1.165) is 5.56 Å². The van der Waals surface area contributed by atoms with Crippen molar-refractivity contribution in [3.63, 3.8) is 0 Å². The van der Waals surface area contributed by atoms with E-state index in [9.17, 15) is 14.4 Å². The van der Waals surface area contributed by atoms with Gasteiger partial charge >= 0.3 is 12.1 Å². The zero-order valence-corrected chi connectivity index (χ0v) is 18.0. The molecule has 31 heavy (non-hydrogen) atoms. The summed E-state index contributed by atoms with van der Waals surface area (Å²) in [6.07, 6.45) is 0.795. The molecule has 164 valence electrons. The Morgan fingerprint density at radius 2 is 1.84 bits per heavy atom. The molecule has 1 N–H and O–H groups in total. The molecule has 0 radical (unpaired) electrons. The number of nitrogens with one attached hydrogen (secondary N) is 1. The van der Waals surface area contributed by atoms with E-state index in [1.807, 2.05) is 30.3 Å². The van der Waals surface area contributed by atoms with E-state index in [0.29, 0.717) is 30.0 Å². The smallest absolute Gasteiger partial charge is 0.410 e. The molecule has 2 atom stereocenters. The van der Waals surface area contributed by atoms with E-state index in [1.54, 1.807) is 24.3 Å². The van der Waals surface area contributed by atoms with Crippen LogP contribution in [0.2, 0.25) is 5.02 Å². The van der Waals surface area contributed by atoms with Gasteiger partial charge in [0.2, 0.25) is 5.91 Å². The molecule has 0 unspecified atom stereocenters. The van der Waals surface area contributed by atoms with Crippen LogP contribution in [0.3, 0.4) is 0 Å². The molecule has 8 heteroatoms. The second-order valence-electron chi connectivity index (χ2n) is 7.27. The molecular weight excluding hydrogens is 420 g/mol. The number of halogens is 1. The van der Waals surface area contributed by atoms with Gasteiger partial charge in [0.15, 0.2) is 0 Å². The van der Waals surface area contributed by atoms with Crippen molar-refractivity contribution in [3.05, 3.63) is 70.7 Å². The minimum Gasteiger partial charge on any atom is -0.467 e. The molecule has 3 rings (SSSR count). The van der Waals surface area contributed by atoms with Gasteiger partial charge in [-0.05, 0) is 30.0 Å². The first-order valence-electron chi connectivity index (χ1n) is 10.1. The highest BCUT2D eigenvalue weighted by Crippen LogP contribution is 2.21. The van der Waals surface area contributed by atoms with E-state index in [1.165, 1.54) is 12.0 Å². The summed E-state index contributed by atoms with van der Waals surface area (Å²) in [6.45, 7) is 0.543. The van der Waals surface area contributed by atoms with Gasteiger partial charge in [0, 0.05) is 18.0 Å². The molecule has 1 saturated heterocycles. The predicted octanol–water partition coefficient (Wildman–Crippen LogP) is 3.34. The largest absolute Gasteiger partial charge is 0.467 e. The number of amides is 2. The molecule has 0 aromatic heterocycles. The fourth-order valence-electron chi connectivity index (χ4n) is 3.55. The maximum Gasteiger partial charge on any atom is 0.410 e. The average molecular weight is 445 g/mol. The first-order chi connectivity index (χ1) is 15.0. The van der Waals surface area contributed by atoms with Crippen LogP contribution in [-0.4, -0.2) is 48.6 Å². The second-order valence-corrected chi connectivity index (χ2v) is 7.68. The maximum absolute atomic E-state index is 12.9. The van der Waals surface area contributed by atoms with Crippen molar-refractivity contribution in [1.82, 2.24) is 10.2 Å². The van der Waals surface area contributed by atoms with Crippen molar-refractivity contribution < 1.29 is 23.9 Å². The Balaban J connectivity index is 1.63. The Kier molecular flexibility index (Phi) is 7.89. The lowest BCUT2D eigenvalue weighted by atomic mass is 10.0. The fourth-order valence-corrected chi connectivity index (χ4v) is 3.76. The molecule has 0 aliphatic carbocycles. The van der Waals surface area contributed by atoms with E-state index < -0.39 is 30.1 Å². The summed E-state index contributed by atoms with van der Waals surface area (Å²) in [5.41, 5.74) is 1.58. The predicted molar refractivity (Wildman–Crippen MR) is 115 cm³/mol. The van der Waals surface area contributed by atoms with Gasteiger partial charge in [-0.1, -0.05) is 60.1 Å².